The van der Waals surface area contributed by atoms with Gasteiger partial charge in [0.15, 0.2) is 5.78 Å². The van der Waals surface area contributed by atoms with Crippen LogP contribution >= 0.6 is 11.3 Å². The third-order valence-corrected chi connectivity index (χ3v) is 6.82. The Balaban J connectivity index is 1.84. The average Bonchev–Trinajstić information content (AvgIpc) is 3.16. The summed E-state index contributed by atoms with van der Waals surface area (Å²) in [6, 6.07) is 8.70. The fraction of sp³-hybridized carbons (Fsp3) is 0.188. The summed E-state index contributed by atoms with van der Waals surface area (Å²) < 4.78 is 27.8. The number of Topliss-reactive ketones (excluding diaryl/α,β-unsaturated/α-hetero) is 1. The molecule has 0 spiro atoms. The number of nitrogens with one attached hydrogen (secondary N) is 2. The smallest absolute Gasteiger partial charge is 0.271 e. The molecule has 3 aromatic rings. The molecule has 2 aromatic heterocycles. The maximum absolute atomic E-state index is 12.4. The third kappa shape index (κ3) is 2.36. The lowest BCUT2D eigenvalue weighted by atomic mass is 9.95. The molecule has 1 aliphatic rings. The van der Waals surface area contributed by atoms with E-state index in [1.807, 2.05) is 12.1 Å². The number of thiophene rings is 1. The number of anilines is 1. The quantitative estimate of drug-likeness (QED) is 0.761. The Bertz CT molecular complexity index is 1000. The minimum Gasteiger partial charge on any atom is -0.350 e. The highest BCUT2D eigenvalue weighted by Crippen LogP contribution is 2.33. The molecule has 0 saturated heterocycles. The number of H-pyrrole nitrogens is 1. The van der Waals surface area contributed by atoms with E-state index >= 15 is 0 Å². The van der Waals surface area contributed by atoms with Crippen LogP contribution in [0.2, 0.25) is 0 Å². The average molecular weight is 346 g/mol. The molecule has 4 rings (SSSR count). The molecule has 0 radical (unpaired) electrons. The summed E-state index contributed by atoms with van der Waals surface area (Å²) in [6.07, 6.45) is 2.21. The number of aryl methyl sites for hydroxylation is 1. The van der Waals surface area contributed by atoms with Gasteiger partial charge in [0.1, 0.15) is 4.21 Å². The first-order chi connectivity index (χ1) is 11.1. The molecule has 118 valence electrons. The Morgan fingerprint density at radius 2 is 2.00 bits per heavy atom. The van der Waals surface area contributed by atoms with E-state index in [1.54, 1.807) is 23.6 Å². The van der Waals surface area contributed by atoms with Crippen molar-refractivity contribution < 1.29 is 13.2 Å². The van der Waals surface area contributed by atoms with Gasteiger partial charge >= 0.3 is 0 Å². The second-order valence-corrected chi connectivity index (χ2v) is 8.38. The van der Waals surface area contributed by atoms with Crippen LogP contribution in [0.5, 0.6) is 0 Å². The summed E-state index contributed by atoms with van der Waals surface area (Å²) in [5.74, 6) is 0.0921. The van der Waals surface area contributed by atoms with E-state index in [0.29, 0.717) is 23.3 Å². The number of hydrogen-bond acceptors (Lipinski definition) is 4. The lowest BCUT2D eigenvalue weighted by Gasteiger charge is -2.09. The molecule has 7 heteroatoms. The van der Waals surface area contributed by atoms with E-state index in [4.69, 9.17) is 0 Å². The normalized spacial score (nSPS) is 14.9. The summed E-state index contributed by atoms with van der Waals surface area (Å²) >= 11 is 1.17. The van der Waals surface area contributed by atoms with Gasteiger partial charge in [-0.25, -0.2) is 8.42 Å². The van der Waals surface area contributed by atoms with E-state index in [9.17, 15) is 13.2 Å². The summed E-state index contributed by atoms with van der Waals surface area (Å²) in [4.78, 5) is 15.2. The van der Waals surface area contributed by atoms with Gasteiger partial charge in [0.2, 0.25) is 0 Å². The fourth-order valence-corrected chi connectivity index (χ4v) is 5.08. The molecule has 23 heavy (non-hydrogen) atoms. The molecule has 1 aliphatic carbocycles. The first-order valence-electron chi connectivity index (χ1n) is 7.29. The highest BCUT2D eigenvalue weighted by atomic mass is 32.2. The lowest BCUT2D eigenvalue weighted by Crippen LogP contribution is -2.11. The molecular formula is C16H14N2O3S2. The zero-order valence-electron chi connectivity index (χ0n) is 12.1. The van der Waals surface area contributed by atoms with E-state index in [0.717, 1.165) is 23.8 Å². The molecule has 0 bridgehead atoms. The van der Waals surface area contributed by atoms with Crippen molar-refractivity contribution in [3.05, 3.63) is 47.0 Å². The second kappa shape index (κ2) is 5.21. The van der Waals surface area contributed by atoms with Crippen LogP contribution in [0.25, 0.3) is 10.9 Å². The maximum Gasteiger partial charge on any atom is 0.271 e. The molecule has 0 fully saturated rings. The Morgan fingerprint density at radius 3 is 2.78 bits per heavy atom. The molecule has 2 N–H and O–H groups in total. The van der Waals surface area contributed by atoms with Crippen molar-refractivity contribution >= 4 is 43.7 Å². The predicted molar refractivity (Wildman–Crippen MR) is 90.7 cm³/mol. The molecular weight excluding hydrogens is 332 g/mol. The maximum atomic E-state index is 12.4. The van der Waals surface area contributed by atoms with Crippen molar-refractivity contribution in [1.29, 1.82) is 0 Å². The molecule has 0 saturated carbocycles. The standard InChI is InChI=1S/C16H14N2O3S2/c19-13-7-2-5-11-10-4-1-6-12(15(10)17-16(11)13)18-23(20,21)14-8-3-9-22-14/h1,3-4,6,8-9,17-18H,2,5,7H2. The summed E-state index contributed by atoms with van der Waals surface area (Å²) in [5, 5.41) is 2.64. The third-order valence-electron chi connectivity index (χ3n) is 4.06. The van der Waals surface area contributed by atoms with Crippen LogP contribution in [0.1, 0.15) is 28.9 Å². The Morgan fingerprint density at radius 1 is 1.13 bits per heavy atom. The topological polar surface area (TPSA) is 79.0 Å². The van der Waals surface area contributed by atoms with Crippen LogP contribution in [-0.4, -0.2) is 19.2 Å². The second-order valence-electron chi connectivity index (χ2n) is 5.52. The van der Waals surface area contributed by atoms with Crippen molar-refractivity contribution in [2.75, 3.05) is 4.72 Å². The number of aromatic nitrogens is 1. The van der Waals surface area contributed by atoms with Crippen molar-refractivity contribution in [2.24, 2.45) is 0 Å². The molecule has 0 unspecified atom stereocenters. The van der Waals surface area contributed by atoms with Crippen molar-refractivity contribution in [3.63, 3.8) is 0 Å². The van der Waals surface area contributed by atoms with Crippen LogP contribution in [0.15, 0.2) is 39.9 Å². The highest BCUT2D eigenvalue weighted by Gasteiger charge is 2.24. The van der Waals surface area contributed by atoms with Gasteiger partial charge in [0.25, 0.3) is 10.0 Å². The van der Waals surface area contributed by atoms with Crippen LogP contribution in [-0.2, 0) is 16.4 Å². The Hall–Kier alpha value is -2.12. The number of benzene rings is 1. The van der Waals surface area contributed by atoms with Crippen LogP contribution < -0.4 is 4.72 Å². The van der Waals surface area contributed by atoms with Crippen LogP contribution in [0.3, 0.4) is 0 Å². The zero-order chi connectivity index (χ0) is 16.0. The van der Waals surface area contributed by atoms with Crippen molar-refractivity contribution in [1.82, 2.24) is 4.98 Å². The minimum absolute atomic E-state index is 0.0921. The van der Waals surface area contributed by atoms with Gasteiger partial charge in [-0.2, -0.15) is 0 Å². The van der Waals surface area contributed by atoms with Crippen LogP contribution in [0, 0.1) is 0 Å². The van der Waals surface area contributed by atoms with E-state index in [1.165, 1.54) is 11.3 Å². The van der Waals surface area contributed by atoms with E-state index < -0.39 is 10.0 Å². The number of carbonyl (C=O) groups excluding carboxylic acids is 1. The van der Waals surface area contributed by atoms with Gasteiger partial charge in [-0.15, -0.1) is 11.3 Å². The molecule has 1 aromatic carbocycles. The van der Waals surface area contributed by atoms with Gasteiger partial charge in [-0.05, 0) is 35.9 Å². The summed E-state index contributed by atoms with van der Waals surface area (Å²) in [6.45, 7) is 0. The molecule has 0 aliphatic heterocycles. The number of aromatic amines is 1. The van der Waals surface area contributed by atoms with E-state index in [2.05, 4.69) is 9.71 Å². The number of ketones is 1. The largest absolute Gasteiger partial charge is 0.350 e. The number of sulfonamides is 1. The Labute approximate surface area is 137 Å². The van der Waals surface area contributed by atoms with Gasteiger partial charge in [0, 0.05) is 11.8 Å². The number of hydrogen-bond donors (Lipinski definition) is 2. The lowest BCUT2D eigenvalue weighted by molar-refractivity contribution is 0.0968. The first kappa shape index (κ1) is 14.5. The molecule has 0 atom stereocenters. The number of fused-ring (bicyclic) bond motifs is 3. The molecule has 0 amide bonds. The van der Waals surface area contributed by atoms with Crippen molar-refractivity contribution in [2.45, 2.75) is 23.5 Å². The molecule has 2 heterocycles. The van der Waals surface area contributed by atoms with Gasteiger partial charge < -0.3 is 4.98 Å². The van der Waals surface area contributed by atoms with Gasteiger partial charge in [0.05, 0.1) is 16.9 Å². The summed E-state index contributed by atoms with van der Waals surface area (Å²) in [7, 11) is -3.61. The monoisotopic (exact) mass is 346 g/mol. The SMILES string of the molecule is O=C1CCCc2c1[nH]c1c(NS(=O)(=O)c3cccs3)cccc21. The van der Waals surface area contributed by atoms with Crippen LogP contribution in [0.4, 0.5) is 5.69 Å². The predicted octanol–water partition coefficient (Wildman–Crippen LogP) is 3.55. The van der Waals surface area contributed by atoms with Gasteiger partial charge in [-0.3, -0.25) is 9.52 Å². The number of rotatable bonds is 3. The van der Waals surface area contributed by atoms with E-state index in [-0.39, 0.29) is 9.99 Å². The first-order valence-corrected chi connectivity index (χ1v) is 9.65. The zero-order valence-corrected chi connectivity index (χ0v) is 13.8. The molecule has 5 nitrogen and oxygen atoms in total. The number of para-hydroxylation sites is 1. The number of carbonyl (C=O) groups is 1. The van der Waals surface area contributed by atoms with Crippen molar-refractivity contribution in [3.8, 4) is 0 Å². The Kier molecular flexibility index (Phi) is 3.28. The highest BCUT2D eigenvalue weighted by molar-refractivity contribution is 7.94. The minimum atomic E-state index is -3.61. The fourth-order valence-electron chi connectivity index (χ4n) is 3.02. The summed E-state index contributed by atoms with van der Waals surface area (Å²) in [5.41, 5.74) is 2.76. The van der Waals surface area contributed by atoms with Gasteiger partial charge in [-0.1, -0.05) is 18.2 Å².